The summed E-state index contributed by atoms with van der Waals surface area (Å²) >= 11 is 0. The molecule has 0 spiro atoms. The van der Waals surface area contributed by atoms with Gasteiger partial charge >= 0.3 is 0 Å². The van der Waals surface area contributed by atoms with E-state index in [1.165, 1.54) is 0 Å². The first-order valence-electron chi connectivity index (χ1n) is 4.83. The second kappa shape index (κ2) is 4.09. The summed E-state index contributed by atoms with van der Waals surface area (Å²) in [5.41, 5.74) is 13.3. The molecule has 0 fully saturated rings. The lowest BCUT2D eigenvalue weighted by molar-refractivity contribution is 0.379. The molecule has 0 aliphatic heterocycles. The van der Waals surface area contributed by atoms with Crippen molar-refractivity contribution in [3.8, 4) is 0 Å². The van der Waals surface area contributed by atoms with Gasteiger partial charge in [0.25, 0.3) is 0 Å². The van der Waals surface area contributed by atoms with Crippen molar-refractivity contribution in [1.29, 1.82) is 0 Å². The highest BCUT2D eigenvalue weighted by atomic mass is 16.5. The maximum absolute atomic E-state index is 5.68. The van der Waals surface area contributed by atoms with Crippen molar-refractivity contribution in [3.05, 3.63) is 29.9 Å². The molecule has 0 aliphatic rings. The van der Waals surface area contributed by atoms with Crippen molar-refractivity contribution in [2.24, 2.45) is 0 Å². The van der Waals surface area contributed by atoms with E-state index in [0.29, 0.717) is 29.6 Å². The predicted molar refractivity (Wildman–Crippen MR) is 61.6 cm³/mol. The molecule has 5 N–H and O–H groups in total. The lowest BCUT2D eigenvalue weighted by atomic mass is 10.2. The van der Waals surface area contributed by atoms with E-state index < -0.39 is 0 Å². The maximum atomic E-state index is 5.68. The van der Waals surface area contributed by atoms with E-state index in [1.54, 1.807) is 19.1 Å². The van der Waals surface area contributed by atoms with E-state index in [4.69, 9.17) is 16.0 Å². The van der Waals surface area contributed by atoms with Crippen LogP contribution in [0.2, 0.25) is 0 Å². The Balaban J connectivity index is 2.02. The van der Waals surface area contributed by atoms with Crippen LogP contribution in [-0.4, -0.2) is 10.1 Å². The normalized spacial score (nSPS) is 10.3. The minimum absolute atomic E-state index is 0.462. The number of nitrogens with one attached hydrogen (secondary N) is 1. The number of hydrogen-bond donors (Lipinski definition) is 3. The molecule has 0 bridgehead atoms. The number of nitrogens with zero attached hydrogens (tertiary/aromatic N) is 2. The van der Waals surface area contributed by atoms with Gasteiger partial charge in [-0.3, -0.25) is 0 Å². The van der Waals surface area contributed by atoms with Crippen LogP contribution in [0.4, 0.5) is 17.1 Å². The van der Waals surface area contributed by atoms with Crippen molar-refractivity contribution in [3.63, 3.8) is 0 Å². The van der Waals surface area contributed by atoms with Crippen LogP contribution in [0.1, 0.15) is 11.7 Å². The number of aromatic nitrogens is 2. The summed E-state index contributed by atoms with van der Waals surface area (Å²) in [5.74, 6) is 1.15. The summed E-state index contributed by atoms with van der Waals surface area (Å²) in [5, 5.41) is 6.80. The van der Waals surface area contributed by atoms with Crippen LogP contribution in [0.5, 0.6) is 0 Å². The fraction of sp³-hybridized carbons (Fsp3) is 0.200. The van der Waals surface area contributed by atoms with Crippen LogP contribution < -0.4 is 16.8 Å². The highest BCUT2D eigenvalue weighted by Crippen LogP contribution is 2.19. The Morgan fingerprint density at radius 3 is 2.75 bits per heavy atom. The van der Waals surface area contributed by atoms with E-state index in [2.05, 4.69) is 15.5 Å². The largest absolute Gasteiger partial charge is 0.397 e. The highest BCUT2D eigenvalue weighted by Gasteiger charge is 2.02. The number of rotatable bonds is 3. The molecule has 0 amide bonds. The van der Waals surface area contributed by atoms with Crippen LogP contribution in [0.3, 0.4) is 0 Å². The molecular formula is C10H13N5O. The molecule has 0 saturated heterocycles. The van der Waals surface area contributed by atoms with E-state index >= 15 is 0 Å². The summed E-state index contributed by atoms with van der Waals surface area (Å²) < 4.78 is 4.96. The number of aryl methyl sites for hydroxylation is 1. The van der Waals surface area contributed by atoms with Gasteiger partial charge in [0.05, 0.1) is 17.9 Å². The van der Waals surface area contributed by atoms with Crippen LogP contribution in [-0.2, 0) is 6.54 Å². The number of hydrogen-bond acceptors (Lipinski definition) is 6. The molecular weight excluding hydrogens is 206 g/mol. The molecule has 2 aromatic rings. The fourth-order valence-corrected chi connectivity index (χ4v) is 1.27. The third kappa shape index (κ3) is 2.22. The van der Waals surface area contributed by atoms with E-state index in [9.17, 15) is 0 Å². The van der Waals surface area contributed by atoms with Crippen LogP contribution in [0.25, 0.3) is 0 Å². The van der Waals surface area contributed by atoms with Crippen molar-refractivity contribution >= 4 is 17.1 Å². The molecule has 0 atom stereocenters. The van der Waals surface area contributed by atoms with Gasteiger partial charge in [0.1, 0.15) is 0 Å². The Labute approximate surface area is 92.6 Å². The third-order valence-electron chi connectivity index (χ3n) is 2.10. The average Bonchev–Trinajstić information content (AvgIpc) is 2.66. The van der Waals surface area contributed by atoms with Gasteiger partial charge in [0.15, 0.2) is 5.82 Å². The fourth-order valence-electron chi connectivity index (χ4n) is 1.27. The molecule has 0 saturated carbocycles. The quantitative estimate of drug-likeness (QED) is 0.669. The zero-order valence-corrected chi connectivity index (χ0v) is 8.90. The van der Waals surface area contributed by atoms with Gasteiger partial charge < -0.3 is 21.3 Å². The minimum atomic E-state index is 0.462. The average molecular weight is 219 g/mol. The number of nitrogen functional groups attached to an aromatic ring is 2. The molecule has 1 heterocycles. The van der Waals surface area contributed by atoms with Gasteiger partial charge in [-0.1, -0.05) is 5.16 Å². The van der Waals surface area contributed by atoms with E-state index in [0.717, 1.165) is 5.69 Å². The van der Waals surface area contributed by atoms with Gasteiger partial charge in [0.2, 0.25) is 5.89 Å². The first-order chi connectivity index (χ1) is 7.65. The monoisotopic (exact) mass is 219 g/mol. The molecule has 1 aromatic carbocycles. The Hall–Kier alpha value is -2.24. The van der Waals surface area contributed by atoms with Gasteiger partial charge in [-0.05, 0) is 25.1 Å². The molecule has 6 nitrogen and oxygen atoms in total. The summed E-state index contributed by atoms with van der Waals surface area (Å²) in [7, 11) is 0. The first kappa shape index (κ1) is 10.3. The predicted octanol–water partition coefficient (Wildman–Crippen LogP) is 1.15. The second-order valence-corrected chi connectivity index (χ2v) is 3.43. The van der Waals surface area contributed by atoms with Gasteiger partial charge in [0, 0.05) is 5.69 Å². The molecule has 0 aliphatic carbocycles. The van der Waals surface area contributed by atoms with Crippen LogP contribution >= 0.6 is 0 Å². The SMILES string of the molecule is Cc1noc(CNc2ccc(N)c(N)c2)n1. The molecule has 84 valence electrons. The molecule has 6 heteroatoms. The Kier molecular flexibility index (Phi) is 2.63. The lowest BCUT2D eigenvalue weighted by Crippen LogP contribution is -2.01. The lowest BCUT2D eigenvalue weighted by Gasteiger charge is -2.05. The number of benzene rings is 1. The molecule has 2 rings (SSSR count). The number of nitrogens with two attached hydrogens (primary N) is 2. The van der Waals surface area contributed by atoms with Gasteiger partial charge in [-0.25, -0.2) is 0 Å². The molecule has 16 heavy (non-hydrogen) atoms. The Bertz CT molecular complexity index is 494. The zero-order valence-electron chi connectivity index (χ0n) is 8.90. The summed E-state index contributed by atoms with van der Waals surface area (Å²) in [6.07, 6.45) is 0. The van der Waals surface area contributed by atoms with Gasteiger partial charge in [-0.2, -0.15) is 4.98 Å². The second-order valence-electron chi connectivity index (χ2n) is 3.43. The molecule has 0 radical (unpaired) electrons. The first-order valence-corrected chi connectivity index (χ1v) is 4.83. The Morgan fingerprint density at radius 1 is 1.31 bits per heavy atom. The van der Waals surface area contributed by atoms with Crippen molar-refractivity contribution in [2.45, 2.75) is 13.5 Å². The third-order valence-corrected chi connectivity index (χ3v) is 2.10. The summed E-state index contributed by atoms with van der Waals surface area (Å²) in [6.45, 7) is 2.23. The standard InChI is InChI=1S/C10H13N5O/c1-6-14-10(16-15-6)5-13-7-2-3-8(11)9(12)4-7/h2-4,13H,5,11-12H2,1H3. The van der Waals surface area contributed by atoms with Crippen molar-refractivity contribution in [2.75, 3.05) is 16.8 Å². The number of anilines is 3. The summed E-state index contributed by atoms with van der Waals surface area (Å²) in [6, 6.07) is 5.35. The topological polar surface area (TPSA) is 103 Å². The Morgan fingerprint density at radius 2 is 2.12 bits per heavy atom. The minimum Gasteiger partial charge on any atom is -0.397 e. The zero-order chi connectivity index (χ0) is 11.5. The molecule has 0 unspecified atom stereocenters. The van der Waals surface area contributed by atoms with Crippen molar-refractivity contribution < 1.29 is 4.52 Å². The highest BCUT2D eigenvalue weighted by molar-refractivity contribution is 5.69. The summed E-state index contributed by atoms with van der Waals surface area (Å²) in [4.78, 5) is 4.07. The smallest absolute Gasteiger partial charge is 0.245 e. The van der Waals surface area contributed by atoms with Crippen LogP contribution in [0, 0.1) is 6.92 Å². The molecule has 1 aromatic heterocycles. The van der Waals surface area contributed by atoms with E-state index in [-0.39, 0.29) is 0 Å². The maximum Gasteiger partial charge on any atom is 0.245 e. The van der Waals surface area contributed by atoms with Crippen molar-refractivity contribution in [1.82, 2.24) is 10.1 Å². The van der Waals surface area contributed by atoms with E-state index in [1.807, 2.05) is 6.07 Å². The van der Waals surface area contributed by atoms with Gasteiger partial charge in [-0.15, -0.1) is 0 Å². The van der Waals surface area contributed by atoms with Crippen LogP contribution in [0.15, 0.2) is 22.7 Å².